The Morgan fingerprint density at radius 2 is 1.52 bits per heavy atom. The van der Waals surface area contributed by atoms with E-state index in [4.69, 9.17) is 9.40 Å². The quantitative estimate of drug-likeness (QED) is 0.235. The number of hydrogen-bond acceptors (Lipinski definition) is 3. The summed E-state index contributed by atoms with van der Waals surface area (Å²) in [5, 5.41) is 2.37. The highest BCUT2D eigenvalue weighted by Crippen LogP contribution is 2.42. The van der Waals surface area contributed by atoms with Crippen molar-refractivity contribution in [2.75, 3.05) is 0 Å². The average molecular weight is 517 g/mol. The van der Waals surface area contributed by atoms with Gasteiger partial charge in [0.15, 0.2) is 0 Å². The van der Waals surface area contributed by atoms with E-state index in [-0.39, 0.29) is 0 Å². The van der Waals surface area contributed by atoms with Gasteiger partial charge in [0.05, 0.1) is 40.3 Å². The fraction of sp³-hybridized carbons (Fsp3) is 0.0286. The number of hydrogen-bond donors (Lipinski definition) is 0. The van der Waals surface area contributed by atoms with Crippen molar-refractivity contribution < 1.29 is 4.42 Å². The molecule has 0 saturated heterocycles. The lowest BCUT2D eigenvalue weighted by molar-refractivity contribution is 0.568. The van der Waals surface area contributed by atoms with Crippen LogP contribution in [0, 0.1) is 0 Å². The number of fused-ring (bicyclic) bond motifs is 4. The standard InChI is InChI=1S/C35H24N4O/c1-38-32-15-5-3-13-30(32)37-35(38)25-20-28(24-16-18-40-22-24)34-27-11-2-4-14-31(27)39(33(34)21-25)26-10-8-9-23(19-26)29-12-6-7-17-36-29/h2-22H,1H3. The van der Waals surface area contributed by atoms with E-state index in [1.807, 2.05) is 42.8 Å². The molecule has 4 aromatic carbocycles. The molecule has 4 heterocycles. The second-order valence-electron chi connectivity index (χ2n) is 10.0. The first-order chi connectivity index (χ1) is 19.8. The van der Waals surface area contributed by atoms with Crippen LogP contribution in [0.5, 0.6) is 0 Å². The van der Waals surface area contributed by atoms with E-state index in [9.17, 15) is 0 Å². The first kappa shape index (κ1) is 22.6. The third-order valence-electron chi connectivity index (χ3n) is 7.72. The van der Waals surface area contributed by atoms with Crippen molar-refractivity contribution in [2.24, 2.45) is 7.05 Å². The number of pyridine rings is 1. The van der Waals surface area contributed by atoms with E-state index in [2.05, 4.69) is 100 Å². The van der Waals surface area contributed by atoms with Crippen molar-refractivity contribution in [3.63, 3.8) is 0 Å². The van der Waals surface area contributed by atoms with E-state index >= 15 is 0 Å². The van der Waals surface area contributed by atoms with Gasteiger partial charge in [-0.1, -0.05) is 48.5 Å². The third kappa shape index (κ3) is 3.41. The Balaban J connectivity index is 1.48. The van der Waals surface area contributed by atoms with Gasteiger partial charge >= 0.3 is 0 Å². The molecule has 0 N–H and O–H groups in total. The lowest BCUT2D eigenvalue weighted by Gasteiger charge is -2.12. The molecule has 0 atom stereocenters. The molecular formula is C35H24N4O. The second-order valence-corrected chi connectivity index (χ2v) is 10.0. The molecule has 190 valence electrons. The minimum Gasteiger partial charge on any atom is -0.472 e. The predicted molar refractivity (Wildman–Crippen MR) is 161 cm³/mol. The first-order valence-corrected chi connectivity index (χ1v) is 13.3. The zero-order valence-corrected chi connectivity index (χ0v) is 21.8. The van der Waals surface area contributed by atoms with Gasteiger partial charge in [-0.3, -0.25) is 4.98 Å². The molecule has 0 bridgehead atoms. The van der Waals surface area contributed by atoms with Crippen LogP contribution in [0.25, 0.3) is 72.3 Å². The summed E-state index contributed by atoms with van der Waals surface area (Å²) in [4.78, 5) is 9.64. The molecule has 40 heavy (non-hydrogen) atoms. The summed E-state index contributed by atoms with van der Waals surface area (Å²) in [6.07, 6.45) is 5.39. The number of nitrogens with zero attached hydrogens (tertiary/aromatic N) is 4. The minimum atomic E-state index is 0.923. The summed E-state index contributed by atoms with van der Waals surface area (Å²) >= 11 is 0. The Morgan fingerprint density at radius 1 is 0.675 bits per heavy atom. The Kier molecular flexibility index (Phi) is 4.97. The molecule has 8 aromatic rings. The molecule has 0 radical (unpaired) electrons. The molecule has 4 aromatic heterocycles. The summed E-state index contributed by atoms with van der Waals surface area (Å²) in [6, 6.07) is 38.0. The summed E-state index contributed by atoms with van der Waals surface area (Å²) in [5.74, 6) is 0.923. The fourth-order valence-corrected chi connectivity index (χ4v) is 5.89. The van der Waals surface area contributed by atoms with Gasteiger partial charge in [0.2, 0.25) is 0 Å². The van der Waals surface area contributed by atoms with E-state index in [1.165, 1.54) is 10.8 Å². The number of aromatic nitrogens is 4. The molecule has 0 aliphatic carbocycles. The lowest BCUT2D eigenvalue weighted by atomic mass is 9.98. The monoisotopic (exact) mass is 516 g/mol. The minimum absolute atomic E-state index is 0.923. The summed E-state index contributed by atoms with van der Waals surface area (Å²) < 4.78 is 10.1. The Hall–Kier alpha value is -5.42. The van der Waals surface area contributed by atoms with Crippen molar-refractivity contribution in [1.29, 1.82) is 0 Å². The van der Waals surface area contributed by atoms with Crippen LogP contribution in [0.4, 0.5) is 0 Å². The van der Waals surface area contributed by atoms with Crippen LogP contribution in [-0.2, 0) is 7.05 Å². The van der Waals surface area contributed by atoms with Crippen LogP contribution >= 0.6 is 0 Å². The highest BCUT2D eigenvalue weighted by molar-refractivity contribution is 6.16. The zero-order chi connectivity index (χ0) is 26.6. The SMILES string of the molecule is Cn1c(-c2cc(-c3ccoc3)c3c4ccccc4n(-c4cccc(-c5ccccn5)c4)c3c2)nc2ccccc21. The van der Waals surface area contributed by atoms with Gasteiger partial charge in [0, 0.05) is 46.4 Å². The van der Waals surface area contributed by atoms with Gasteiger partial charge in [-0.15, -0.1) is 0 Å². The maximum atomic E-state index is 5.57. The van der Waals surface area contributed by atoms with Gasteiger partial charge in [0.1, 0.15) is 5.82 Å². The normalized spacial score (nSPS) is 11.6. The zero-order valence-electron chi connectivity index (χ0n) is 21.8. The van der Waals surface area contributed by atoms with Crippen molar-refractivity contribution in [3.8, 4) is 39.5 Å². The van der Waals surface area contributed by atoms with Crippen LogP contribution in [0.1, 0.15) is 0 Å². The van der Waals surface area contributed by atoms with Crippen molar-refractivity contribution >= 4 is 32.8 Å². The molecular weight excluding hydrogens is 492 g/mol. The fourth-order valence-electron chi connectivity index (χ4n) is 5.89. The summed E-state index contributed by atoms with van der Waals surface area (Å²) in [5.41, 5.74) is 10.6. The molecule has 0 aliphatic heterocycles. The summed E-state index contributed by atoms with van der Waals surface area (Å²) in [7, 11) is 2.08. The molecule has 5 nitrogen and oxygen atoms in total. The van der Waals surface area contributed by atoms with E-state index in [1.54, 1.807) is 6.26 Å². The predicted octanol–water partition coefficient (Wildman–Crippen LogP) is 8.66. The van der Waals surface area contributed by atoms with Crippen LogP contribution in [0.2, 0.25) is 0 Å². The van der Waals surface area contributed by atoms with Gasteiger partial charge in [-0.05, 0) is 66.2 Å². The van der Waals surface area contributed by atoms with E-state index in [0.717, 1.165) is 61.5 Å². The topological polar surface area (TPSA) is 48.8 Å². The van der Waals surface area contributed by atoms with Gasteiger partial charge in [-0.2, -0.15) is 0 Å². The van der Waals surface area contributed by atoms with E-state index in [0.29, 0.717) is 0 Å². The number of para-hydroxylation sites is 3. The number of rotatable bonds is 4. The third-order valence-corrected chi connectivity index (χ3v) is 7.72. The summed E-state index contributed by atoms with van der Waals surface area (Å²) in [6.45, 7) is 0. The van der Waals surface area contributed by atoms with Gasteiger partial charge in [0.25, 0.3) is 0 Å². The van der Waals surface area contributed by atoms with Crippen LogP contribution < -0.4 is 0 Å². The van der Waals surface area contributed by atoms with E-state index < -0.39 is 0 Å². The lowest BCUT2D eigenvalue weighted by Crippen LogP contribution is -1.97. The molecule has 0 saturated carbocycles. The van der Waals surface area contributed by atoms with Crippen molar-refractivity contribution in [1.82, 2.24) is 19.1 Å². The molecule has 8 rings (SSSR count). The van der Waals surface area contributed by atoms with Crippen LogP contribution in [-0.4, -0.2) is 19.1 Å². The first-order valence-electron chi connectivity index (χ1n) is 13.3. The average Bonchev–Trinajstić information content (AvgIpc) is 3.74. The number of imidazole rings is 1. The van der Waals surface area contributed by atoms with Gasteiger partial charge < -0.3 is 13.6 Å². The molecule has 5 heteroatoms. The van der Waals surface area contributed by atoms with Crippen molar-refractivity contribution in [2.45, 2.75) is 0 Å². The van der Waals surface area contributed by atoms with Crippen LogP contribution in [0.3, 0.4) is 0 Å². The molecule has 0 fully saturated rings. The molecule has 0 aliphatic rings. The number of benzene rings is 4. The Bertz CT molecular complexity index is 2170. The Labute approximate surface area is 230 Å². The maximum absolute atomic E-state index is 5.57. The molecule has 0 amide bonds. The van der Waals surface area contributed by atoms with Crippen LogP contribution in [0.15, 0.2) is 132 Å². The Morgan fingerprint density at radius 3 is 2.35 bits per heavy atom. The maximum Gasteiger partial charge on any atom is 0.140 e. The van der Waals surface area contributed by atoms with Gasteiger partial charge in [-0.25, -0.2) is 4.98 Å². The largest absolute Gasteiger partial charge is 0.472 e. The second kappa shape index (κ2) is 8.82. The highest BCUT2D eigenvalue weighted by atomic mass is 16.3. The molecule has 0 unspecified atom stereocenters. The van der Waals surface area contributed by atoms with Crippen molar-refractivity contribution in [3.05, 3.63) is 128 Å². The molecule has 0 spiro atoms. The highest BCUT2D eigenvalue weighted by Gasteiger charge is 2.20. The number of aryl methyl sites for hydroxylation is 1. The smallest absolute Gasteiger partial charge is 0.140 e. The number of furan rings is 1.